The molecule has 3 nitrogen and oxygen atoms in total. The van der Waals surface area contributed by atoms with Crippen LogP contribution in [-0.2, 0) is 0 Å². The molecule has 0 aromatic rings. The summed E-state index contributed by atoms with van der Waals surface area (Å²) in [4.78, 5) is 3.84. The molecule has 2 saturated heterocycles. The summed E-state index contributed by atoms with van der Waals surface area (Å²) in [5.41, 5.74) is 5.31. The fraction of sp³-hybridized carbons (Fsp3) is 1.00. The van der Waals surface area contributed by atoms with Crippen LogP contribution in [0.3, 0.4) is 0 Å². The standard InChI is InChI=1S/C12H22F3N3/c1-17-5-2-3-9-8-18(6-4-10(9)17)11(7-16)12(13,14)15/h9-11H,2-8,16H2,1H3. The Bertz CT molecular complexity index is 282. The number of rotatable bonds is 2. The normalized spacial score (nSPS) is 33.2. The Hall–Kier alpha value is -0.330. The number of fused-ring (bicyclic) bond motifs is 1. The molecule has 0 aromatic carbocycles. The number of hydrogen-bond donors (Lipinski definition) is 1. The number of hydrogen-bond acceptors (Lipinski definition) is 3. The predicted octanol–water partition coefficient (Wildman–Crippen LogP) is 1.29. The van der Waals surface area contributed by atoms with Gasteiger partial charge in [-0.25, -0.2) is 0 Å². The average molecular weight is 265 g/mol. The van der Waals surface area contributed by atoms with Gasteiger partial charge in [-0.15, -0.1) is 0 Å². The van der Waals surface area contributed by atoms with Gasteiger partial charge in [-0.2, -0.15) is 13.2 Å². The third-order valence-corrected chi connectivity index (χ3v) is 4.42. The number of nitrogens with zero attached hydrogens (tertiary/aromatic N) is 2. The van der Waals surface area contributed by atoms with Gasteiger partial charge in [-0.1, -0.05) is 0 Å². The fourth-order valence-corrected chi connectivity index (χ4v) is 3.45. The molecule has 3 unspecified atom stereocenters. The van der Waals surface area contributed by atoms with Crippen LogP contribution in [0.5, 0.6) is 0 Å². The lowest BCUT2D eigenvalue weighted by Crippen LogP contribution is -2.59. The molecule has 0 spiro atoms. The van der Waals surface area contributed by atoms with E-state index in [0.717, 1.165) is 25.8 Å². The van der Waals surface area contributed by atoms with E-state index < -0.39 is 12.2 Å². The first kappa shape index (κ1) is 14.1. The summed E-state index contributed by atoms with van der Waals surface area (Å²) in [6, 6.07) is -1.01. The van der Waals surface area contributed by atoms with Crippen molar-refractivity contribution in [3.05, 3.63) is 0 Å². The topological polar surface area (TPSA) is 32.5 Å². The van der Waals surface area contributed by atoms with Crippen LogP contribution in [0.4, 0.5) is 13.2 Å². The van der Waals surface area contributed by atoms with Crippen molar-refractivity contribution >= 4 is 0 Å². The lowest BCUT2D eigenvalue weighted by Gasteiger charge is -2.48. The largest absolute Gasteiger partial charge is 0.405 e. The van der Waals surface area contributed by atoms with Crippen LogP contribution >= 0.6 is 0 Å². The molecule has 18 heavy (non-hydrogen) atoms. The lowest BCUT2D eigenvalue weighted by molar-refractivity contribution is -0.188. The summed E-state index contributed by atoms with van der Waals surface area (Å²) in [5.74, 6) is 0.369. The van der Waals surface area contributed by atoms with Crippen LogP contribution in [0.1, 0.15) is 19.3 Å². The SMILES string of the molecule is CN1CCCC2CN(C(CN)C(F)(F)F)CCC21. The van der Waals surface area contributed by atoms with Crippen molar-refractivity contribution < 1.29 is 13.2 Å². The molecule has 2 rings (SSSR count). The third kappa shape index (κ3) is 2.81. The van der Waals surface area contributed by atoms with Crippen molar-refractivity contribution in [2.45, 2.75) is 37.5 Å². The number of likely N-dealkylation sites (tertiary alicyclic amines) is 2. The van der Waals surface area contributed by atoms with E-state index in [1.165, 1.54) is 0 Å². The third-order valence-electron chi connectivity index (χ3n) is 4.42. The monoisotopic (exact) mass is 265 g/mol. The minimum atomic E-state index is -4.21. The van der Waals surface area contributed by atoms with E-state index in [1.54, 1.807) is 4.90 Å². The maximum Gasteiger partial charge on any atom is 0.405 e. The molecule has 2 fully saturated rings. The van der Waals surface area contributed by atoms with E-state index in [4.69, 9.17) is 5.73 Å². The minimum Gasteiger partial charge on any atom is -0.329 e. The molecule has 0 amide bonds. The Morgan fingerprint density at radius 1 is 1.28 bits per heavy atom. The summed E-state index contributed by atoms with van der Waals surface area (Å²) in [5, 5.41) is 0. The molecule has 0 bridgehead atoms. The molecular weight excluding hydrogens is 243 g/mol. The minimum absolute atomic E-state index is 0.337. The molecule has 2 aliphatic heterocycles. The zero-order valence-corrected chi connectivity index (χ0v) is 10.8. The van der Waals surface area contributed by atoms with Gasteiger partial charge in [0, 0.05) is 25.7 Å². The van der Waals surface area contributed by atoms with Crippen LogP contribution in [0.25, 0.3) is 0 Å². The quantitative estimate of drug-likeness (QED) is 0.816. The highest BCUT2D eigenvalue weighted by Crippen LogP contribution is 2.33. The van der Waals surface area contributed by atoms with Gasteiger partial charge in [0.05, 0.1) is 0 Å². The Labute approximate surface area is 106 Å². The first-order valence-corrected chi connectivity index (χ1v) is 6.64. The van der Waals surface area contributed by atoms with Gasteiger partial charge < -0.3 is 10.6 Å². The summed E-state index contributed by atoms with van der Waals surface area (Å²) in [7, 11) is 2.08. The van der Waals surface area contributed by atoms with Gasteiger partial charge in [0.1, 0.15) is 6.04 Å². The van der Waals surface area contributed by atoms with Crippen LogP contribution < -0.4 is 5.73 Å². The summed E-state index contributed by atoms with van der Waals surface area (Å²) in [6.45, 7) is 1.78. The van der Waals surface area contributed by atoms with E-state index in [0.29, 0.717) is 25.0 Å². The van der Waals surface area contributed by atoms with Crippen LogP contribution in [0.2, 0.25) is 0 Å². The van der Waals surface area contributed by atoms with Crippen molar-refractivity contribution in [2.24, 2.45) is 11.7 Å². The zero-order valence-electron chi connectivity index (χ0n) is 10.8. The zero-order chi connectivity index (χ0) is 13.3. The van der Waals surface area contributed by atoms with Gasteiger partial charge in [-0.3, -0.25) is 4.90 Å². The van der Waals surface area contributed by atoms with Crippen molar-refractivity contribution in [1.82, 2.24) is 9.80 Å². The number of nitrogens with two attached hydrogens (primary N) is 1. The van der Waals surface area contributed by atoms with Crippen molar-refractivity contribution in [3.63, 3.8) is 0 Å². The van der Waals surface area contributed by atoms with E-state index >= 15 is 0 Å². The molecule has 3 atom stereocenters. The van der Waals surface area contributed by atoms with Crippen LogP contribution in [0, 0.1) is 5.92 Å². The smallest absolute Gasteiger partial charge is 0.329 e. The van der Waals surface area contributed by atoms with Crippen molar-refractivity contribution in [1.29, 1.82) is 0 Å². The Morgan fingerprint density at radius 2 is 2.00 bits per heavy atom. The first-order valence-electron chi connectivity index (χ1n) is 6.64. The summed E-state index contributed by atoms with van der Waals surface area (Å²) < 4.78 is 38.6. The van der Waals surface area contributed by atoms with E-state index in [2.05, 4.69) is 11.9 Å². The number of piperidine rings is 2. The van der Waals surface area contributed by atoms with E-state index in [-0.39, 0.29) is 6.54 Å². The Morgan fingerprint density at radius 3 is 2.61 bits per heavy atom. The summed E-state index contributed by atoms with van der Waals surface area (Å²) >= 11 is 0. The number of alkyl halides is 3. The van der Waals surface area contributed by atoms with Gasteiger partial charge in [-0.05, 0) is 38.8 Å². The second kappa shape index (κ2) is 5.35. The molecule has 2 heterocycles. The van der Waals surface area contributed by atoms with Gasteiger partial charge in [0.15, 0.2) is 0 Å². The van der Waals surface area contributed by atoms with Crippen LogP contribution in [-0.4, -0.2) is 61.3 Å². The fourth-order valence-electron chi connectivity index (χ4n) is 3.45. The first-order chi connectivity index (χ1) is 8.43. The molecule has 6 heteroatoms. The maximum absolute atomic E-state index is 12.9. The number of halogens is 3. The maximum atomic E-state index is 12.9. The molecule has 106 valence electrons. The highest BCUT2D eigenvalue weighted by atomic mass is 19.4. The lowest BCUT2D eigenvalue weighted by atomic mass is 9.83. The predicted molar refractivity (Wildman–Crippen MR) is 64.2 cm³/mol. The van der Waals surface area contributed by atoms with E-state index in [9.17, 15) is 13.2 Å². The molecule has 0 radical (unpaired) electrons. The molecule has 0 aromatic heterocycles. The molecule has 0 saturated carbocycles. The Kier molecular flexibility index (Phi) is 4.18. The summed E-state index contributed by atoms with van der Waals surface area (Å²) in [6.07, 6.45) is -1.25. The molecule has 2 aliphatic rings. The van der Waals surface area contributed by atoms with Gasteiger partial charge >= 0.3 is 6.18 Å². The van der Waals surface area contributed by atoms with Gasteiger partial charge in [0.2, 0.25) is 0 Å². The highest BCUT2D eigenvalue weighted by Gasteiger charge is 2.45. The second-order valence-electron chi connectivity index (χ2n) is 5.53. The van der Waals surface area contributed by atoms with E-state index in [1.807, 2.05) is 0 Å². The highest BCUT2D eigenvalue weighted by molar-refractivity contribution is 4.92. The van der Waals surface area contributed by atoms with Crippen molar-refractivity contribution in [3.8, 4) is 0 Å². The second-order valence-corrected chi connectivity index (χ2v) is 5.53. The van der Waals surface area contributed by atoms with Crippen LogP contribution in [0.15, 0.2) is 0 Å². The average Bonchev–Trinajstić information content (AvgIpc) is 2.28. The van der Waals surface area contributed by atoms with Crippen molar-refractivity contribution in [2.75, 3.05) is 33.2 Å². The van der Waals surface area contributed by atoms with Gasteiger partial charge in [0.25, 0.3) is 0 Å². The molecule has 2 N–H and O–H groups in total. The molecular formula is C12H22F3N3. The molecule has 0 aliphatic carbocycles. The Balaban J connectivity index is 2.01.